The predicted molar refractivity (Wildman–Crippen MR) is 94.4 cm³/mol. The fraction of sp³-hybridized carbons (Fsp3) is 0.150. The second-order valence-corrected chi connectivity index (χ2v) is 5.89. The number of rotatable bonds is 5. The lowest BCUT2D eigenvalue weighted by Gasteiger charge is -2.18. The molecule has 2 aromatic carbocycles. The smallest absolute Gasteiger partial charge is 0.347 e. The first-order valence-electron chi connectivity index (χ1n) is 8.03. The van der Waals surface area contributed by atoms with E-state index in [2.05, 4.69) is 5.32 Å². The average molecular weight is 353 g/mol. The van der Waals surface area contributed by atoms with Gasteiger partial charge in [0.05, 0.1) is 6.04 Å². The number of amides is 1. The normalized spacial score (nSPS) is 11.9. The summed E-state index contributed by atoms with van der Waals surface area (Å²) in [6.45, 7) is 1.28. The fourth-order valence-corrected chi connectivity index (χ4v) is 2.79. The maximum atomic E-state index is 14.1. The third kappa shape index (κ3) is 3.69. The van der Waals surface area contributed by atoms with Crippen molar-refractivity contribution in [3.05, 3.63) is 82.0 Å². The molecule has 26 heavy (non-hydrogen) atoms. The lowest BCUT2D eigenvalue weighted by atomic mass is 9.97. The first-order chi connectivity index (χ1) is 12.5. The van der Waals surface area contributed by atoms with Gasteiger partial charge in [-0.25, -0.2) is 9.18 Å². The minimum atomic E-state index is -0.882. The van der Waals surface area contributed by atoms with Gasteiger partial charge in [0, 0.05) is 24.3 Å². The summed E-state index contributed by atoms with van der Waals surface area (Å²) in [6, 6.07) is 13.3. The van der Waals surface area contributed by atoms with Crippen LogP contribution in [0.25, 0.3) is 11.0 Å². The molecule has 1 atom stereocenters. The second kappa shape index (κ2) is 7.31. The zero-order chi connectivity index (χ0) is 18.7. The Morgan fingerprint density at radius 1 is 1.12 bits per heavy atom. The van der Waals surface area contributed by atoms with Crippen LogP contribution in [0.2, 0.25) is 0 Å². The summed E-state index contributed by atoms with van der Waals surface area (Å²) in [6.07, 6.45) is -0.260. The van der Waals surface area contributed by atoms with Gasteiger partial charge in [-0.05, 0) is 18.2 Å². The van der Waals surface area contributed by atoms with Gasteiger partial charge >= 0.3 is 5.63 Å². The van der Waals surface area contributed by atoms with E-state index in [1.54, 1.807) is 30.3 Å². The van der Waals surface area contributed by atoms with Crippen molar-refractivity contribution >= 4 is 22.7 Å². The Morgan fingerprint density at radius 2 is 1.81 bits per heavy atom. The maximum absolute atomic E-state index is 14.1. The van der Waals surface area contributed by atoms with Crippen LogP contribution in [0.4, 0.5) is 4.39 Å². The number of ketones is 1. The molecule has 1 unspecified atom stereocenters. The van der Waals surface area contributed by atoms with Gasteiger partial charge in [0.15, 0.2) is 5.78 Å². The van der Waals surface area contributed by atoms with Crippen LogP contribution in [0.15, 0.2) is 63.8 Å². The Labute approximate surface area is 148 Å². The first-order valence-corrected chi connectivity index (χ1v) is 8.03. The third-order valence-electron chi connectivity index (χ3n) is 3.99. The van der Waals surface area contributed by atoms with Gasteiger partial charge in [-0.2, -0.15) is 0 Å². The zero-order valence-electron chi connectivity index (χ0n) is 14.0. The molecule has 0 aliphatic heterocycles. The molecule has 6 heteroatoms. The van der Waals surface area contributed by atoms with Gasteiger partial charge < -0.3 is 9.73 Å². The molecule has 0 bridgehead atoms. The molecule has 1 aromatic heterocycles. The van der Waals surface area contributed by atoms with Crippen LogP contribution in [-0.2, 0) is 4.79 Å². The molecule has 0 fully saturated rings. The largest absolute Gasteiger partial charge is 0.422 e. The molecule has 132 valence electrons. The van der Waals surface area contributed by atoms with Crippen molar-refractivity contribution in [3.63, 3.8) is 0 Å². The van der Waals surface area contributed by atoms with Gasteiger partial charge in [-0.1, -0.05) is 36.4 Å². The number of halogens is 1. The number of hydrogen-bond donors (Lipinski definition) is 1. The monoisotopic (exact) mass is 353 g/mol. The molecule has 1 N–H and O–H groups in total. The van der Waals surface area contributed by atoms with E-state index in [9.17, 15) is 18.8 Å². The average Bonchev–Trinajstić information content (AvgIpc) is 2.60. The van der Waals surface area contributed by atoms with Gasteiger partial charge in [-0.15, -0.1) is 0 Å². The number of fused-ring (bicyclic) bond motifs is 1. The van der Waals surface area contributed by atoms with E-state index in [4.69, 9.17) is 4.42 Å². The van der Waals surface area contributed by atoms with E-state index in [1.807, 2.05) is 0 Å². The zero-order valence-corrected chi connectivity index (χ0v) is 14.0. The van der Waals surface area contributed by atoms with Crippen molar-refractivity contribution in [2.45, 2.75) is 19.4 Å². The number of carbonyl (C=O) groups is 2. The highest BCUT2D eigenvalue weighted by Gasteiger charge is 2.23. The molecule has 0 spiro atoms. The van der Waals surface area contributed by atoms with Crippen LogP contribution in [0, 0.1) is 5.82 Å². The highest BCUT2D eigenvalue weighted by Crippen LogP contribution is 2.22. The molecule has 3 aromatic rings. The van der Waals surface area contributed by atoms with E-state index >= 15 is 0 Å². The van der Waals surface area contributed by atoms with E-state index in [1.165, 1.54) is 31.2 Å². The molecule has 0 aliphatic rings. The molecule has 5 nitrogen and oxygen atoms in total. The van der Waals surface area contributed by atoms with Crippen LogP contribution in [0.5, 0.6) is 0 Å². The van der Waals surface area contributed by atoms with E-state index in [-0.39, 0.29) is 17.5 Å². The summed E-state index contributed by atoms with van der Waals surface area (Å²) in [4.78, 5) is 36.3. The highest BCUT2D eigenvalue weighted by atomic mass is 19.1. The second-order valence-electron chi connectivity index (χ2n) is 5.89. The molecule has 3 rings (SSSR count). The van der Waals surface area contributed by atoms with Crippen LogP contribution in [-0.4, -0.2) is 11.7 Å². The van der Waals surface area contributed by atoms with E-state index in [0.717, 1.165) is 0 Å². The van der Waals surface area contributed by atoms with Crippen molar-refractivity contribution in [3.8, 4) is 0 Å². The minimum Gasteiger partial charge on any atom is -0.422 e. The Balaban J connectivity index is 1.95. The highest BCUT2D eigenvalue weighted by molar-refractivity contribution is 5.98. The molecule has 0 saturated heterocycles. The fourth-order valence-electron chi connectivity index (χ4n) is 2.79. The summed E-state index contributed by atoms with van der Waals surface area (Å²) in [5.74, 6) is -1.48. The standard InChI is InChI=1S/C20H16FNO4/c1-12(23)22-17(14-7-3-4-8-16(14)21)11-18(24)15-10-13-6-2-5-9-19(13)26-20(15)25/h2-10,17H,11H2,1H3,(H,22,23). The Morgan fingerprint density at radius 3 is 2.54 bits per heavy atom. The summed E-state index contributed by atoms with van der Waals surface area (Å²) < 4.78 is 19.3. The van der Waals surface area contributed by atoms with E-state index < -0.39 is 29.2 Å². The number of Topliss-reactive ketones (excluding diaryl/α,β-unsaturated/α-hetero) is 1. The SMILES string of the molecule is CC(=O)NC(CC(=O)c1cc2ccccc2oc1=O)c1ccccc1F. The number of hydrogen-bond acceptors (Lipinski definition) is 4. The molecular weight excluding hydrogens is 337 g/mol. The summed E-state index contributed by atoms with van der Waals surface area (Å²) >= 11 is 0. The lowest BCUT2D eigenvalue weighted by Crippen LogP contribution is -2.29. The Kier molecular flexibility index (Phi) is 4.93. The Hall–Kier alpha value is -3.28. The van der Waals surface area contributed by atoms with Crippen molar-refractivity contribution in [1.29, 1.82) is 0 Å². The minimum absolute atomic E-state index is 0.129. The van der Waals surface area contributed by atoms with Crippen LogP contribution in [0.3, 0.4) is 0 Å². The van der Waals surface area contributed by atoms with Gasteiger partial charge in [0.1, 0.15) is 17.0 Å². The third-order valence-corrected chi connectivity index (χ3v) is 3.99. The van der Waals surface area contributed by atoms with E-state index in [0.29, 0.717) is 11.0 Å². The first kappa shape index (κ1) is 17.5. The van der Waals surface area contributed by atoms with Crippen LogP contribution >= 0.6 is 0 Å². The molecule has 1 heterocycles. The van der Waals surface area contributed by atoms with Gasteiger partial charge in [-0.3, -0.25) is 9.59 Å². The number of carbonyl (C=O) groups excluding carboxylic acids is 2. The number of benzene rings is 2. The summed E-state index contributed by atoms with van der Waals surface area (Å²) in [5.41, 5.74) is -0.331. The lowest BCUT2D eigenvalue weighted by molar-refractivity contribution is -0.119. The predicted octanol–water partition coefficient (Wildman–Crippen LogP) is 3.38. The molecule has 0 aliphatic carbocycles. The Bertz CT molecular complexity index is 1040. The number of para-hydroxylation sites is 1. The number of nitrogens with one attached hydrogen (secondary N) is 1. The van der Waals surface area contributed by atoms with Gasteiger partial charge in [0.2, 0.25) is 5.91 Å². The van der Waals surface area contributed by atoms with Crippen molar-refractivity contribution in [2.75, 3.05) is 0 Å². The molecular formula is C20H16FNO4. The summed E-state index contributed by atoms with van der Waals surface area (Å²) in [7, 11) is 0. The molecule has 1 amide bonds. The van der Waals surface area contributed by atoms with Crippen LogP contribution < -0.4 is 10.9 Å². The van der Waals surface area contributed by atoms with Crippen molar-refractivity contribution in [1.82, 2.24) is 5.32 Å². The van der Waals surface area contributed by atoms with Crippen molar-refractivity contribution in [2.24, 2.45) is 0 Å². The quantitative estimate of drug-likeness (QED) is 0.563. The molecule has 0 radical (unpaired) electrons. The van der Waals surface area contributed by atoms with Gasteiger partial charge in [0.25, 0.3) is 0 Å². The topological polar surface area (TPSA) is 76.4 Å². The molecule has 0 saturated carbocycles. The van der Waals surface area contributed by atoms with Crippen LogP contribution in [0.1, 0.15) is 35.3 Å². The maximum Gasteiger partial charge on any atom is 0.347 e. The summed E-state index contributed by atoms with van der Waals surface area (Å²) in [5, 5.41) is 3.17. The van der Waals surface area contributed by atoms with Crippen molar-refractivity contribution < 1.29 is 18.4 Å².